The van der Waals surface area contributed by atoms with E-state index in [1.807, 2.05) is 6.92 Å². The van der Waals surface area contributed by atoms with Crippen molar-refractivity contribution < 1.29 is 12.8 Å². The summed E-state index contributed by atoms with van der Waals surface area (Å²) < 4.78 is 39.9. The molecule has 8 heteroatoms. The van der Waals surface area contributed by atoms with Gasteiger partial charge >= 0.3 is 0 Å². The van der Waals surface area contributed by atoms with E-state index in [0.717, 1.165) is 25.1 Å². The first-order valence-electron chi connectivity index (χ1n) is 6.79. The summed E-state index contributed by atoms with van der Waals surface area (Å²) in [6.45, 7) is 4.31. The third kappa shape index (κ3) is 3.91. The van der Waals surface area contributed by atoms with E-state index < -0.39 is 15.8 Å². The molecule has 0 unspecified atom stereocenters. The van der Waals surface area contributed by atoms with Crippen molar-refractivity contribution in [3.63, 3.8) is 0 Å². The van der Waals surface area contributed by atoms with E-state index in [0.29, 0.717) is 11.4 Å². The van der Waals surface area contributed by atoms with Gasteiger partial charge in [0.05, 0.1) is 4.90 Å². The molecular weight excluding hydrogens is 307 g/mol. The fraction of sp³-hybridized carbons (Fsp3) is 0.286. The number of benzene rings is 1. The predicted octanol–water partition coefficient (Wildman–Crippen LogP) is 2.55. The van der Waals surface area contributed by atoms with Crippen LogP contribution in [0, 0.1) is 12.7 Å². The summed E-state index contributed by atoms with van der Waals surface area (Å²) >= 11 is 0. The molecule has 118 valence electrons. The van der Waals surface area contributed by atoms with E-state index in [1.54, 1.807) is 6.07 Å². The average molecular weight is 324 g/mol. The van der Waals surface area contributed by atoms with Crippen LogP contribution < -0.4 is 10.0 Å². The summed E-state index contributed by atoms with van der Waals surface area (Å²) in [7, 11) is -3.83. The normalized spacial score (nSPS) is 11.2. The van der Waals surface area contributed by atoms with Crippen LogP contribution in [0.1, 0.15) is 18.9 Å². The van der Waals surface area contributed by atoms with Gasteiger partial charge in [0.25, 0.3) is 10.0 Å². The molecule has 0 aliphatic rings. The lowest BCUT2D eigenvalue weighted by molar-refractivity contribution is 0.598. The summed E-state index contributed by atoms with van der Waals surface area (Å²) in [4.78, 5) is 0.00360. The third-order valence-corrected chi connectivity index (χ3v) is 4.40. The Bertz CT molecular complexity index is 748. The Morgan fingerprint density at radius 3 is 2.41 bits per heavy atom. The van der Waals surface area contributed by atoms with Gasteiger partial charge in [0.2, 0.25) is 0 Å². The smallest absolute Gasteiger partial charge is 0.263 e. The van der Waals surface area contributed by atoms with Gasteiger partial charge in [0, 0.05) is 6.54 Å². The topological polar surface area (TPSA) is 84.0 Å². The van der Waals surface area contributed by atoms with Crippen molar-refractivity contribution in [1.82, 2.24) is 10.2 Å². The third-order valence-electron chi connectivity index (χ3n) is 2.89. The first-order chi connectivity index (χ1) is 10.4. The first kappa shape index (κ1) is 16.2. The van der Waals surface area contributed by atoms with Crippen LogP contribution in [0.25, 0.3) is 0 Å². The molecule has 0 radical (unpaired) electrons. The number of rotatable bonds is 6. The number of nitrogens with one attached hydrogen (secondary N) is 2. The number of anilines is 2. The minimum Gasteiger partial charge on any atom is -0.369 e. The zero-order valence-electron chi connectivity index (χ0n) is 12.3. The maximum absolute atomic E-state index is 13.1. The van der Waals surface area contributed by atoms with Crippen molar-refractivity contribution in [3.8, 4) is 0 Å². The molecule has 1 heterocycles. The van der Waals surface area contributed by atoms with Crippen molar-refractivity contribution in [1.29, 1.82) is 0 Å². The number of nitrogens with zero attached hydrogens (tertiary/aromatic N) is 2. The minimum absolute atomic E-state index is 0.00360. The fourth-order valence-corrected chi connectivity index (χ4v) is 3.07. The largest absolute Gasteiger partial charge is 0.369 e. The SMILES string of the molecule is CCCNc1ccc(NS(=O)(=O)c2ccc(F)cc2C)nn1. The van der Waals surface area contributed by atoms with Crippen LogP contribution in [-0.2, 0) is 10.0 Å². The highest BCUT2D eigenvalue weighted by molar-refractivity contribution is 7.92. The summed E-state index contributed by atoms with van der Waals surface area (Å²) in [5.74, 6) is 0.191. The molecule has 6 nitrogen and oxygen atoms in total. The van der Waals surface area contributed by atoms with Gasteiger partial charge in [-0.15, -0.1) is 10.2 Å². The van der Waals surface area contributed by atoms with E-state index in [4.69, 9.17) is 0 Å². The summed E-state index contributed by atoms with van der Waals surface area (Å²) in [5.41, 5.74) is 0.321. The highest BCUT2D eigenvalue weighted by Crippen LogP contribution is 2.19. The number of hydrogen-bond donors (Lipinski definition) is 2. The lowest BCUT2D eigenvalue weighted by atomic mass is 10.2. The second-order valence-corrected chi connectivity index (χ2v) is 6.40. The number of hydrogen-bond acceptors (Lipinski definition) is 5. The van der Waals surface area contributed by atoms with Gasteiger partial charge < -0.3 is 5.32 Å². The number of sulfonamides is 1. The Morgan fingerprint density at radius 2 is 1.82 bits per heavy atom. The van der Waals surface area contributed by atoms with Gasteiger partial charge in [-0.2, -0.15) is 0 Å². The maximum atomic E-state index is 13.1. The molecule has 0 saturated heterocycles. The maximum Gasteiger partial charge on any atom is 0.263 e. The lowest BCUT2D eigenvalue weighted by Gasteiger charge is -2.10. The van der Waals surface area contributed by atoms with Crippen LogP contribution in [0.4, 0.5) is 16.0 Å². The Balaban J connectivity index is 2.18. The Labute approximate surface area is 128 Å². The molecule has 1 aromatic heterocycles. The molecule has 0 spiro atoms. The van der Waals surface area contributed by atoms with E-state index in [9.17, 15) is 12.8 Å². The highest BCUT2D eigenvalue weighted by Gasteiger charge is 2.18. The van der Waals surface area contributed by atoms with Crippen molar-refractivity contribution >= 4 is 21.7 Å². The summed E-state index contributed by atoms with van der Waals surface area (Å²) in [6, 6.07) is 6.64. The molecule has 2 rings (SSSR count). The zero-order chi connectivity index (χ0) is 16.2. The van der Waals surface area contributed by atoms with E-state index in [-0.39, 0.29) is 10.7 Å². The molecule has 0 atom stereocenters. The molecule has 0 saturated carbocycles. The van der Waals surface area contributed by atoms with Gasteiger partial charge in [-0.25, -0.2) is 12.8 Å². The van der Waals surface area contributed by atoms with Crippen LogP contribution >= 0.6 is 0 Å². The molecule has 0 fully saturated rings. The van der Waals surface area contributed by atoms with E-state index in [1.165, 1.54) is 19.1 Å². The standard InChI is InChI=1S/C14H17FN4O2S/c1-3-8-16-13-6-7-14(18-17-13)19-22(20,21)12-5-4-11(15)9-10(12)2/h4-7,9H,3,8H2,1-2H3,(H,16,17)(H,18,19). The minimum atomic E-state index is -3.83. The van der Waals surface area contributed by atoms with Gasteiger partial charge in [-0.05, 0) is 49.2 Å². The van der Waals surface area contributed by atoms with E-state index >= 15 is 0 Å². The van der Waals surface area contributed by atoms with Crippen LogP contribution in [0.5, 0.6) is 0 Å². The molecule has 0 bridgehead atoms. The van der Waals surface area contributed by atoms with Gasteiger partial charge in [-0.1, -0.05) is 6.92 Å². The fourth-order valence-electron chi connectivity index (χ4n) is 1.84. The van der Waals surface area contributed by atoms with Crippen molar-refractivity contribution in [2.45, 2.75) is 25.2 Å². The predicted molar refractivity (Wildman–Crippen MR) is 82.8 cm³/mol. The van der Waals surface area contributed by atoms with Crippen LogP contribution in [0.15, 0.2) is 35.2 Å². The van der Waals surface area contributed by atoms with Crippen LogP contribution in [-0.4, -0.2) is 25.2 Å². The highest BCUT2D eigenvalue weighted by atomic mass is 32.2. The monoisotopic (exact) mass is 324 g/mol. The summed E-state index contributed by atoms with van der Waals surface area (Å²) in [6.07, 6.45) is 0.944. The Morgan fingerprint density at radius 1 is 1.14 bits per heavy atom. The Kier molecular flexibility index (Phi) is 4.92. The van der Waals surface area contributed by atoms with E-state index in [2.05, 4.69) is 20.2 Å². The molecule has 2 N–H and O–H groups in total. The zero-order valence-corrected chi connectivity index (χ0v) is 13.1. The lowest BCUT2D eigenvalue weighted by Crippen LogP contribution is -2.16. The van der Waals surface area contributed by atoms with Crippen LogP contribution in [0.3, 0.4) is 0 Å². The van der Waals surface area contributed by atoms with Crippen LogP contribution in [0.2, 0.25) is 0 Å². The van der Waals surface area contributed by atoms with Gasteiger partial charge in [0.1, 0.15) is 11.6 Å². The van der Waals surface area contributed by atoms with Crippen molar-refractivity contribution in [2.24, 2.45) is 0 Å². The molecule has 2 aromatic rings. The number of aryl methyl sites for hydroxylation is 1. The average Bonchev–Trinajstić information content (AvgIpc) is 2.45. The molecule has 0 aliphatic heterocycles. The molecule has 0 aliphatic carbocycles. The first-order valence-corrected chi connectivity index (χ1v) is 8.27. The quantitative estimate of drug-likeness (QED) is 0.853. The molecule has 1 aromatic carbocycles. The molecule has 0 amide bonds. The van der Waals surface area contributed by atoms with Crippen molar-refractivity contribution in [3.05, 3.63) is 41.7 Å². The second-order valence-electron chi connectivity index (χ2n) is 4.75. The number of aromatic nitrogens is 2. The molecule has 22 heavy (non-hydrogen) atoms. The second kappa shape index (κ2) is 6.69. The number of halogens is 1. The summed E-state index contributed by atoms with van der Waals surface area (Å²) in [5, 5.41) is 10.7. The Hall–Kier alpha value is -2.22. The molecular formula is C14H17FN4O2S. The van der Waals surface area contributed by atoms with Gasteiger partial charge in [0.15, 0.2) is 5.82 Å². The van der Waals surface area contributed by atoms with Gasteiger partial charge in [-0.3, -0.25) is 4.72 Å². The van der Waals surface area contributed by atoms with Crippen molar-refractivity contribution in [2.75, 3.05) is 16.6 Å².